The molecule has 2 aromatic rings. The number of anilines is 2. The summed E-state index contributed by atoms with van der Waals surface area (Å²) in [6.45, 7) is 8.42. The molecule has 0 aliphatic heterocycles. The predicted molar refractivity (Wildman–Crippen MR) is 88.7 cm³/mol. The average Bonchev–Trinajstić information content (AvgIpc) is 2.43. The Morgan fingerprint density at radius 2 is 1.30 bits per heavy atom. The van der Waals surface area contributed by atoms with Crippen molar-refractivity contribution in [3.63, 3.8) is 0 Å². The molecule has 2 nitrogen and oxygen atoms in total. The molecular weight excluding hydrogens is 244 g/mol. The zero-order valence-corrected chi connectivity index (χ0v) is 12.7. The van der Waals surface area contributed by atoms with Crippen LogP contribution in [0.1, 0.15) is 23.1 Å². The van der Waals surface area contributed by atoms with Crippen LogP contribution in [-0.4, -0.2) is 13.1 Å². The molecule has 0 bridgehead atoms. The Kier molecular flexibility index (Phi) is 5.05. The van der Waals surface area contributed by atoms with Gasteiger partial charge in [0.2, 0.25) is 0 Å². The van der Waals surface area contributed by atoms with Crippen molar-refractivity contribution in [3.8, 4) is 0 Å². The molecule has 0 amide bonds. The van der Waals surface area contributed by atoms with E-state index in [1.54, 1.807) is 0 Å². The van der Waals surface area contributed by atoms with Crippen LogP contribution < -0.4 is 10.6 Å². The van der Waals surface area contributed by atoms with E-state index in [-0.39, 0.29) is 0 Å². The fourth-order valence-corrected chi connectivity index (χ4v) is 2.39. The second-order valence-corrected chi connectivity index (χ2v) is 5.29. The van der Waals surface area contributed by atoms with E-state index in [0.717, 1.165) is 19.5 Å². The van der Waals surface area contributed by atoms with E-state index < -0.39 is 0 Å². The molecule has 0 aliphatic rings. The maximum atomic E-state index is 3.54. The lowest BCUT2D eigenvalue weighted by atomic mass is 10.1. The van der Waals surface area contributed by atoms with Gasteiger partial charge in [-0.1, -0.05) is 36.4 Å². The summed E-state index contributed by atoms with van der Waals surface area (Å²) in [7, 11) is 0. The Morgan fingerprint density at radius 1 is 0.700 bits per heavy atom. The van der Waals surface area contributed by atoms with Crippen LogP contribution in [0.4, 0.5) is 11.4 Å². The first-order valence-electron chi connectivity index (χ1n) is 7.28. The van der Waals surface area contributed by atoms with E-state index >= 15 is 0 Å². The molecular formula is C18H24N2. The van der Waals surface area contributed by atoms with E-state index in [1.807, 2.05) is 0 Å². The molecule has 2 heteroatoms. The molecule has 0 aromatic heterocycles. The molecule has 106 valence electrons. The molecule has 2 rings (SSSR count). The Hall–Kier alpha value is -1.96. The second-order valence-electron chi connectivity index (χ2n) is 5.29. The summed E-state index contributed by atoms with van der Waals surface area (Å²) in [5.74, 6) is 0. The van der Waals surface area contributed by atoms with Crippen molar-refractivity contribution in [2.45, 2.75) is 27.2 Å². The third-order valence-electron chi connectivity index (χ3n) is 3.60. The van der Waals surface area contributed by atoms with Gasteiger partial charge in [0.25, 0.3) is 0 Å². The van der Waals surface area contributed by atoms with E-state index in [4.69, 9.17) is 0 Å². The normalized spacial score (nSPS) is 10.3. The molecule has 2 aromatic carbocycles. The molecule has 0 spiro atoms. The van der Waals surface area contributed by atoms with E-state index in [9.17, 15) is 0 Å². The van der Waals surface area contributed by atoms with Crippen molar-refractivity contribution < 1.29 is 0 Å². The maximum absolute atomic E-state index is 3.54. The Labute approximate surface area is 122 Å². The minimum atomic E-state index is 0.989. The first-order chi connectivity index (χ1) is 9.68. The highest BCUT2D eigenvalue weighted by Gasteiger charge is 2.00. The molecule has 0 radical (unpaired) electrons. The highest BCUT2D eigenvalue weighted by Crippen LogP contribution is 2.19. The Balaban J connectivity index is 1.76. The van der Waals surface area contributed by atoms with Gasteiger partial charge in [0, 0.05) is 24.5 Å². The number of para-hydroxylation sites is 2. The number of hydrogen-bond donors (Lipinski definition) is 2. The Morgan fingerprint density at radius 3 is 2.00 bits per heavy atom. The van der Waals surface area contributed by atoms with Crippen molar-refractivity contribution in [1.29, 1.82) is 0 Å². The van der Waals surface area contributed by atoms with Gasteiger partial charge in [-0.15, -0.1) is 0 Å². The maximum Gasteiger partial charge on any atom is 0.0399 e. The van der Waals surface area contributed by atoms with Crippen LogP contribution in [0.2, 0.25) is 0 Å². The molecule has 0 unspecified atom stereocenters. The summed E-state index contributed by atoms with van der Waals surface area (Å²) in [6, 6.07) is 14.8. The fourth-order valence-electron chi connectivity index (χ4n) is 2.39. The first kappa shape index (κ1) is 14.4. The zero-order chi connectivity index (χ0) is 14.4. The van der Waals surface area contributed by atoms with E-state index in [2.05, 4.69) is 73.9 Å². The quantitative estimate of drug-likeness (QED) is 0.752. The SMILES string of the molecule is Cc1ccccc1NCCCNc1c(C)cccc1C. The van der Waals surface area contributed by atoms with Gasteiger partial charge in [0.15, 0.2) is 0 Å². The van der Waals surface area contributed by atoms with Crippen LogP contribution in [0.15, 0.2) is 42.5 Å². The van der Waals surface area contributed by atoms with Gasteiger partial charge >= 0.3 is 0 Å². The molecule has 0 fully saturated rings. The summed E-state index contributed by atoms with van der Waals surface area (Å²) >= 11 is 0. The minimum Gasteiger partial charge on any atom is -0.385 e. The van der Waals surface area contributed by atoms with Crippen molar-refractivity contribution in [2.75, 3.05) is 23.7 Å². The number of benzene rings is 2. The smallest absolute Gasteiger partial charge is 0.0399 e. The van der Waals surface area contributed by atoms with Gasteiger partial charge in [0.05, 0.1) is 0 Å². The zero-order valence-electron chi connectivity index (χ0n) is 12.7. The molecule has 0 aliphatic carbocycles. The second kappa shape index (κ2) is 6.99. The van der Waals surface area contributed by atoms with Crippen LogP contribution in [0.3, 0.4) is 0 Å². The molecule has 0 atom stereocenters. The first-order valence-corrected chi connectivity index (χ1v) is 7.28. The third-order valence-corrected chi connectivity index (χ3v) is 3.60. The molecule has 0 heterocycles. The largest absolute Gasteiger partial charge is 0.385 e. The standard InChI is InChI=1S/C18H24N2/c1-14-8-4-5-11-17(14)19-12-7-13-20-18-15(2)9-6-10-16(18)3/h4-6,8-11,19-20H,7,12-13H2,1-3H3. The van der Waals surface area contributed by atoms with Gasteiger partial charge in [-0.3, -0.25) is 0 Å². The van der Waals surface area contributed by atoms with Gasteiger partial charge in [-0.25, -0.2) is 0 Å². The number of nitrogens with one attached hydrogen (secondary N) is 2. The van der Waals surface area contributed by atoms with Gasteiger partial charge in [0.1, 0.15) is 0 Å². The lowest BCUT2D eigenvalue weighted by Crippen LogP contribution is -2.11. The monoisotopic (exact) mass is 268 g/mol. The van der Waals surface area contributed by atoms with Crippen molar-refractivity contribution in [1.82, 2.24) is 0 Å². The fraction of sp³-hybridized carbons (Fsp3) is 0.333. The molecule has 0 saturated heterocycles. The van der Waals surface area contributed by atoms with Gasteiger partial charge < -0.3 is 10.6 Å². The van der Waals surface area contributed by atoms with E-state index in [1.165, 1.54) is 28.1 Å². The summed E-state index contributed by atoms with van der Waals surface area (Å²) in [6.07, 6.45) is 1.10. The highest BCUT2D eigenvalue weighted by atomic mass is 14.9. The number of hydrogen-bond acceptors (Lipinski definition) is 2. The van der Waals surface area contributed by atoms with Crippen LogP contribution in [0, 0.1) is 20.8 Å². The summed E-state index contributed by atoms with van der Waals surface area (Å²) in [5.41, 5.74) is 6.45. The lowest BCUT2D eigenvalue weighted by Gasteiger charge is -2.13. The minimum absolute atomic E-state index is 0.989. The molecule has 20 heavy (non-hydrogen) atoms. The molecule has 2 N–H and O–H groups in total. The van der Waals surface area contributed by atoms with Crippen molar-refractivity contribution in [3.05, 3.63) is 59.2 Å². The topological polar surface area (TPSA) is 24.1 Å². The Bertz CT molecular complexity index is 541. The van der Waals surface area contributed by atoms with Gasteiger partial charge in [-0.2, -0.15) is 0 Å². The van der Waals surface area contributed by atoms with E-state index in [0.29, 0.717) is 0 Å². The molecule has 0 saturated carbocycles. The number of aryl methyl sites for hydroxylation is 3. The van der Waals surface area contributed by atoms with Crippen molar-refractivity contribution >= 4 is 11.4 Å². The summed E-state index contributed by atoms with van der Waals surface area (Å²) in [4.78, 5) is 0. The van der Waals surface area contributed by atoms with Gasteiger partial charge in [-0.05, 0) is 49.9 Å². The highest BCUT2D eigenvalue weighted by molar-refractivity contribution is 5.56. The van der Waals surface area contributed by atoms with Crippen molar-refractivity contribution in [2.24, 2.45) is 0 Å². The lowest BCUT2D eigenvalue weighted by molar-refractivity contribution is 0.906. The predicted octanol–water partition coefficient (Wildman–Crippen LogP) is 4.53. The summed E-state index contributed by atoms with van der Waals surface area (Å²) < 4.78 is 0. The number of rotatable bonds is 6. The van der Waals surface area contributed by atoms with Crippen LogP contribution in [0.5, 0.6) is 0 Å². The average molecular weight is 268 g/mol. The van der Waals surface area contributed by atoms with Crippen LogP contribution in [0.25, 0.3) is 0 Å². The third kappa shape index (κ3) is 3.77. The summed E-state index contributed by atoms with van der Waals surface area (Å²) in [5, 5.41) is 7.03. The van der Waals surface area contributed by atoms with Crippen LogP contribution >= 0.6 is 0 Å². The van der Waals surface area contributed by atoms with Crippen LogP contribution in [-0.2, 0) is 0 Å².